The number of hydrogen-bond acceptors (Lipinski definition) is 4. The Morgan fingerprint density at radius 2 is 2.00 bits per heavy atom. The molecule has 1 aromatic carbocycles. The van der Waals surface area contributed by atoms with Crippen LogP contribution < -0.4 is 5.32 Å². The van der Waals surface area contributed by atoms with Crippen molar-refractivity contribution < 1.29 is 0 Å². The number of nitrogens with one attached hydrogen (secondary N) is 1. The summed E-state index contributed by atoms with van der Waals surface area (Å²) < 4.78 is 0. The molecule has 0 unspecified atom stereocenters. The second-order valence-electron chi connectivity index (χ2n) is 5.39. The van der Waals surface area contributed by atoms with E-state index in [0.29, 0.717) is 11.9 Å². The van der Waals surface area contributed by atoms with E-state index < -0.39 is 0 Å². The molecular weight excluding hydrogens is 272 g/mol. The van der Waals surface area contributed by atoms with Crippen LogP contribution in [0.5, 0.6) is 0 Å². The third-order valence-corrected chi connectivity index (χ3v) is 3.06. The molecule has 0 saturated carbocycles. The van der Waals surface area contributed by atoms with Crippen LogP contribution in [-0.4, -0.2) is 23.2 Å². The highest BCUT2D eigenvalue weighted by atomic mass is 15.1. The number of aliphatic imine (C=N–C) groups is 1. The molecular formula is C18H22N4. The van der Waals surface area contributed by atoms with Crippen LogP contribution in [0.2, 0.25) is 0 Å². The summed E-state index contributed by atoms with van der Waals surface area (Å²) in [7, 11) is 1.81. The number of aromatic nitrogens is 2. The van der Waals surface area contributed by atoms with Gasteiger partial charge >= 0.3 is 0 Å². The Labute approximate surface area is 132 Å². The SMILES string of the molecule is CNc1nccc(C=C(N=CCC(C)C)c2ccccc2)n1. The molecule has 0 fully saturated rings. The van der Waals surface area contributed by atoms with Gasteiger partial charge in [0, 0.05) is 25.0 Å². The molecule has 0 spiro atoms. The molecule has 0 radical (unpaired) electrons. The topological polar surface area (TPSA) is 50.2 Å². The van der Waals surface area contributed by atoms with Gasteiger partial charge in [0.1, 0.15) is 0 Å². The minimum atomic E-state index is 0.593. The summed E-state index contributed by atoms with van der Waals surface area (Å²) >= 11 is 0. The van der Waals surface area contributed by atoms with Crippen molar-refractivity contribution in [3.8, 4) is 0 Å². The van der Waals surface area contributed by atoms with Crippen molar-refractivity contribution in [3.63, 3.8) is 0 Å². The number of rotatable bonds is 6. The molecule has 0 atom stereocenters. The quantitative estimate of drug-likeness (QED) is 0.815. The maximum atomic E-state index is 4.64. The van der Waals surface area contributed by atoms with Crippen LogP contribution in [-0.2, 0) is 0 Å². The third-order valence-electron chi connectivity index (χ3n) is 3.06. The summed E-state index contributed by atoms with van der Waals surface area (Å²) in [6.07, 6.45) is 6.65. The first-order chi connectivity index (χ1) is 10.7. The van der Waals surface area contributed by atoms with Crippen LogP contribution >= 0.6 is 0 Å². The van der Waals surface area contributed by atoms with Gasteiger partial charge in [0.2, 0.25) is 5.95 Å². The molecule has 1 heterocycles. The zero-order chi connectivity index (χ0) is 15.8. The maximum absolute atomic E-state index is 4.64. The molecule has 0 aliphatic heterocycles. The molecule has 4 heteroatoms. The van der Waals surface area contributed by atoms with E-state index in [0.717, 1.165) is 23.4 Å². The molecule has 2 aromatic rings. The molecule has 0 bridgehead atoms. The van der Waals surface area contributed by atoms with Crippen molar-refractivity contribution in [1.82, 2.24) is 9.97 Å². The van der Waals surface area contributed by atoms with Crippen molar-refractivity contribution in [2.75, 3.05) is 12.4 Å². The predicted molar refractivity (Wildman–Crippen MR) is 93.8 cm³/mol. The van der Waals surface area contributed by atoms with Crippen LogP contribution in [0.15, 0.2) is 47.6 Å². The van der Waals surface area contributed by atoms with E-state index in [1.807, 2.05) is 43.6 Å². The Morgan fingerprint density at radius 3 is 2.68 bits per heavy atom. The normalized spacial score (nSPS) is 12.1. The van der Waals surface area contributed by atoms with Gasteiger partial charge in [-0.1, -0.05) is 44.2 Å². The average Bonchev–Trinajstić information content (AvgIpc) is 2.54. The van der Waals surface area contributed by atoms with Crippen molar-refractivity contribution in [3.05, 3.63) is 53.9 Å². The first-order valence-corrected chi connectivity index (χ1v) is 7.49. The zero-order valence-corrected chi connectivity index (χ0v) is 13.3. The van der Waals surface area contributed by atoms with E-state index in [1.54, 1.807) is 6.20 Å². The van der Waals surface area contributed by atoms with Crippen LogP contribution in [0.25, 0.3) is 11.8 Å². The van der Waals surface area contributed by atoms with E-state index in [2.05, 4.69) is 46.3 Å². The van der Waals surface area contributed by atoms with Crippen LogP contribution in [0.1, 0.15) is 31.5 Å². The zero-order valence-electron chi connectivity index (χ0n) is 13.3. The first kappa shape index (κ1) is 15.9. The molecule has 1 N–H and O–H groups in total. The van der Waals surface area contributed by atoms with E-state index >= 15 is 0 Å². The summed E-state index contributed by atoms with van der Waals surface area (Å²) in [6, 6.07) is 12.0. The van der Waals surface area contributed by atoms with Gasteiger partial charge in [-0.25, -0.2) is 9.97 Å². The second kappa shape index (κ2) is 8.08. The molecule has 2 rings (SSSR count). The van der Waals surface area contributed by atoms with Gasteiger partial charge < -0.3 is 5.32 Å². The summed E-state index contributed by atoms with van der Waals surface area (Å²) in [6.45, 7) is 4.36. The number of benzene rings is 1. The largest absolute Gasteiger partial charge is 0.357 e. The van der Waals surface area contributed by atoms with Crippen molar-refractivity contribution >= 4 is 23.9 Å². The first-order valence-electron chi connectivity index (χ1n) is 7.49. The summed E-state index contributed by atoms with van der Waals surface area (Å²) in [5, 5.41) is 2.95. The highest BCUT2D eigenvalue weighted by molar-refractivity contribution is 5.84. The number of anilines is 1. The molecule has 4 nitrogen and oxygen atoms in total. The average molecular weight is 294 g/mol. The molecule has 0 saturated heterocycles. The van der Waals surface area contributed by atoms with Crippen LogP contribution in [0.4, 0.5) is 5.95 Å². The lowest BCUT2D eigenvalue weighted by atomic mass is 10.1. The van der Waals surface area contributed by atoms with Gasteiger partial charge in [-0.15, -0.1) is 0 Å². The van der Waals surface area contributed by atoms with E-state index in [1.165, 1.54) is 0 Å². The standard InChI is InChI=1S/C18H22N4/c1-14(2)9-11-20-17(15-7-5-4-6-8-15)13-16-10-12-21-18(19-3)22-16/h4-8,10-14H,9H2,1-3H3,(H,19,21,22). The van der Waals surface area contributed by atoms with Gasteiger partial charge in [-0.05, 0) is 24.5 Å². The fraction of sp³-hybridized carbons (Fsp3) is 0.278. The molecule has 0 aliphatic rings. The molecule has 114 valence electrons. The molecule has 0 aliphatic carbocycles. The Kier molecular flexibility index (Phi) is 5.83. The lowest BCUT2D eigenvalue weighted by Crippen LogP contribution is -1.96. The van der Waals surface area contributed by atoms with Gasteiger partial charge in [-0.3, -0.25) is 4.99 Å². The van der Waals surface area contributed by atoms with E-state index in [9.17, 15) is 0 Å². The van der Waals surface area contributed by atoms with Gasteiger partial charge in [0.05, 0.1) is 11.4 Å². The van der Waals surface area contributed by atoms with Crippen molar-refractivity contribution in [1.29, 1.82) is 0 Å². The minimum Gasteiger partial charge on any atom is -0.357 e. The van der Waals surface area contributed by atoms with Crippen LogP contribution in [0.3, 0.4) is 0 Å². The summed E-state index contributed by atoms with van der Waals surface area (Å²) in [4.78, 5) is 13.2. The lowest BCUT2D eigenvalue weighted by molar-refractivity contribution is 0.691. The van der Waals surface area contributed by atoms with Gasteiger partial charge in [-0.2, -0.15) is 0 Å². The Balaban J connectivity index is 2.34. The molecule has 0 amide bonds. The monoisotopic (exact) mass is 294 g/mol. The second-order valence-corrected chi connectivity index (χ2v) is 5.39. The highest BCUT2D eigenvalue weighted by Crippen LogP contribution is 2.19. The van der Waals surface area contributed by atoms with E-state index in [-0.39, 0.29) is 0 Å². The van der Waals surface area contributed by atoms with E-state index in [4.69, 9.17) is 0 Å². The van der Waals surface area contributed by atoms with Crippen LogP contribution in [0, 0.1) is 5.92 Å². The Bertz CT molecular complexity index is 645. The highest BCUT2D eigenvalue weighted by Gasteiger charge is 2.01. The lowest BCUT2D eigenvalue weighted by Gasteiger charge is -2.04. The number of nitrogens with zero attached hydrogens (tertiary/aromatic N) is 3. The van der Waals surface area contributed by atoms with Gasteiger partial charge in [0.15, 0.2) is 0 Å². The maximum Gasteiger partial charge on any atom is 0.222 e. The fourth-order valence-electron chi connectivity index (χ4n) is 1.88. The Hall–Kier alpha value is -2.49. The molecule has 1 aromatic heterocycles. The van der Waals surface area contributed by atoms with Gasteiger partial charge in [0.25, 0.3) is 0 Å². The minimum absolute atomic E-state index is 0.593. The molecule has 22 heavy (non-hydrogen) atoms. The predicted octanol–water partition coefficient (Wildman–Crippen LogP) is 4.13. The smallest absolute Gasteiger partial charge is 0.222 e. The Morgan fingerprint density at radius 1 is 1.23 bits per heavy atom. The third kappa shape index (κ3) is 4.81. The van der Waals surface area contributed by atoms with Crippen molar-refractivity contribution in [2.24, 2.45) is 10.9 Å². The fourth-order valence-corrected chi connectivity index (χ4v) is 1.88. The summed E-state index contributed by atoms with van der Waals surface area (Å²) in [5.74, 6) is 1.20. The van der Waals surface area contributed by atoms with Crippen molar-refractivity contribution in [2.45, 2.75) is 20.3 Å². The summed E-state index contributed by atoms with van der Waals surface area (Å²) in [5.41, 5.74) is 2.81. The number of hydrogen-bond donors (Lipinski definition) is 1.